The molecular formula is C9H17NO3. The van der Waals surface area contributed by atoms with Crippen molar-refractivity contribution >= 4 is 5.97 Å². The number of carboxylic acid groups (broad SMARTS) is 1. The molecule has 4 nitrogen and oxygen atoms in total. The van der Waals surface area contributed by atoms with Crippen LogP contribution in [0.25, 0.3) is 0 Å². The Balaban J connectivity index is 2.85. The summed E-state index contributed by atoms with van der Waals surface area (Å²) in [6.45, 7) is 4.50. The highest BCUT2D eigenvalue weighted by Crippen LogP contribution is 2.39. The number of aliphatic hydroxyl groups is 1. The molecule has 1 rings (SSSR count). The largest absolute Gasteiger partial charge is 0.481 e. The average Bonchev–Trinajstić information content (AvgIpc) is 2.13. The molecule has 0 amide bonds. The lowest BCUT2D eigenvalue weighted by Gasteiger charge is -2.39. The van der Waals surface area contributed by atoms with Crippen LogP contribution < -0.4 is 0 Å². The SMILES string of the molecule is CN1CCC(O)(CC(=O)O)C1(C)C. The van der Waals surface area contributed by atoms with Gasteiger partial charge in [-0.25, -0.2) is 0 Å². The quantitative estimate of drug-likeness (QED) is 0.653. The molecule has 0 spiro atoms. The van der Waals surface area contributed by atoms with Gasteiger partial charge >= 0.3 is 5.97 Å². The van der Waals surface area contributed by atoms with Gasteiger partial charge in [-0.1, -0.05) is 0 Å². The lowest BCUT2D eigenvalue weighted by Crippen LogP contribution is -2.53. The van der Waals surface area contributed by atoms with Gasteiger partial charge in [-0.05, 0) is 27.3 Å². The number of carboxylic acids is 1. The fourth-order valence-electron chi connectivity index (χ4n) is 1.85. The number of aliphatic carboxylic acids is 1. The first kappa shape index (κ1) is 10.5. The minimum atomic E-state index is -1.09. The van der Waals surface area contributed by atoms with Crippen molar-refractivity contribution < 1.29 is 15.0 Å². The monoisotopic (exact) mass is 187 g/mol. The fourth-order valence-corrected chi connectivity index (χ4v) is 1.85. The molecule has 1 heterocycles. The molecule has 13 heavy (non-hydrogen) atoms. The van der Waals surface area contributed by atoms with Crippen molar-refractivity contribution in [1.82, 2.24) is 4.90 Å². The molecule has 1 aliphatic heterocycles. The maximum atomic E-state index is 10.6. The van der Waals surface area contributed by atoms with Gasteiger partial charge in [0.1, 0.15) is 0 Å². The van der Waals surface area contributed by atoms with Gasteiger partial charge in [0.2, 0.25) is 0 Å². The third kappa shape index (κ3) is 1.56. The van der Waals surface area contributed by atoms with Crippen molar-refractivity contribution in [2.45, 2.75) is 37.8 Å². The van der Waals surface area contributed by atoms with Crippen LogP contribution >= 0.6 is 0 Å². The molecule has 0 aliphatic carbocycles. The molecule has 0 aromatic rings. The maximum absolute atomic E-state index is 10.6. The zero-order chi connectivity index (χ0) is 10.3. The van der Waals surface area contributed by atoms with Gasteiger partial charge in [0.25, 0.3) is 0 Å². The standard InChI is InChI=1S/C9H17NO3/c1-8(2)9(13,6-7(11)12)4-5-10(8)3/h13H,4-6H2,1-3H3,(H,11,12). The van der Waals surface area contributed by atoms with Crippen LogP contribution in [-0.2, 0) is 4.79 Å². The third-order valence-corrected chi connectivity index (χ3v) is 3.40. The minimum absolute atomic E-state index is 0.176. The molecule has 0 aromatic heterocycles. The van der Waals surface area contributed by atoms with Crippen molar-refractivity contribution in [3.8, 4) is 0 Å². The molecule has 1 atom stereocenters. The van der Waals surface area contributed by atoms with Gasteiger partial charge in [-0.3, -0.25) is 9.69 Å². The number of hydrogen-bond donors (Lipinski definition) is 2. The van der Waals surface area contributed by atoms with Gasteiger partial charge in [-0.2, -0.15) is 0 Å². The Morgan fingerprint density at radius 3 is 2.38 bits per heavy atom. The van der Waals surface area contributed by atoms with Gasteiger partial charge in [-0.15, -0.1) is 0 Å². The zero-order valence-corrected chi connectivity index (χ0v) is 8.37. The summed E-state index contributed by atoms with van der Waals surface area (Å²) < 4.78 is 0. The van der Waals surface area contributed by atoms with E-state index < -0.39 is 17.1 Å². The molecule has 0 radical (unpaired) electrons. The lowest BCUT2D eigenvalue weighted by molar-refractivity contribution is -0.146. The van der Waals surface area contributed by atoms with E-state index in [9.17, 15) is 9.90 Å². The van der Waals surface area contributed by atoms with E-state index in [-0.39, 0.29) is 6.42 Å². The normalized spacial score (nSPS) is 33.5. The van der Waals surface area contributed by atoms with E-state index in [1.165, 1.54) is 0 Å². The molecular weight excluding hydrogens is 170 g/mol. The minimum Gasteiger partial charge on any atom is -0.481 e. The highest BCUT2D eigenvalue weighted by atomic mass is 16.4. The van der Waals surface area contributed by atoms with Gasteiger partial charge < -0.3 is 10.2 Å². The van der Waals surface area contributed by atoms with Crippen LogP contribution in [0.4, 0.5) is 0 Å². The summed E-state index contributed by atoms with van der Waals surface area (Å²) in [7, 11) is 1.90. The summed E-state index contributed by atoms with van der Waals surface area (Å²) >= 11 is 0. The van der Waals surface area contributed by atoms with Crippen LogP contribution in [0.5, 0.6) is 0 Å². The van der Waals surface area contributed by atoms with Crippen LogP contribution in [0, 0.1) is 0 Å². The first-order valence-corrected chi connectivity index (χ1v) is 4.45. The molecule has 2 N–H and O–H groups in total. The van der Waals surface area contributed by atoms with Crippen molar-refractivity contribution in [3.05, 3.63) is 0 Å². The summed E-state index contributed by atoms with van der Waals surface area (Å²) in [5.41, 5.74) is -1.54. The van der Waals surface area contributed by atoms with E-state index in [1.54, 1.807) is 0 Å². The van der Waals surface area contributed by atoms with E-state index in [4.69, 9.17) is 5.11 Å². The predicted molar refractivity (Wildman–Crippen MR) is 48.5 cm³/mol. The van der Waals surface area contributed by atoms with E-state index in [0.29, 0.717) is 6.42 Å². The highest BCUT2D eigenvalue weighted by Gasteiger charge is 2.51. The highest BCUT2D eigenvalue weighted by molar-refractivity contribution is 5.68. The topological polar surface area (TPSA) is 60.8 Å². The predicted octanol–water partition coefficient (Wildman–Crippen LogP) is 0.306. The number of likely N-dealkylation sites (N-methyl/N-ethyl adjacent to an activating group) is 1. The first-order valence-electron chi connectivity index (χ1n) is 4.45. The number of carbonyl (C=O) groups is 1. The maximum Gasteiger partial charge on any atom is 0.306 e. The van der Waals surface area contributed by atoms with Crippen molar-refractivity contribution in [2.75, 3.05) is 13.6 Å². The Bertz CT molecular complexity index is 227. The zero-order valence-electron chi connectivity index (χ0n) is 8.37. The molecule has 0 aromatic carbocycles. The van der Waals surface area contributed by atoms with Gasteiger partial charge in [0.15, 0.2) is 0 Å². The molecule has 1 aliphatic rings. The fraction of sp³-hybridized carbons (Fsp3) is 0.889. The summed E-state index contributed by atoms with van der Waals surface area (Å²) in [6, 6.07) is 0. The summed E-state index contributed by atoms with van der Waals surface area (Å²) in [5, 5.41) is 18.8. The first-order chi connectivity index (χ1) is 5.79. The van der Waals surface area contributed by atoms with Crippen molar-refractivity contribution in [2.24, 2.45) is 0 Å². The lowest BCUT2D eigenvalue weighted by atomic mass is 9.81. The second-order valence-corrected chi connectivity index (χ2v) is 4.33. The molecule has 1 saturated heterocycles. The smallest absolute Gasteiger partial charge is 0.306 e. The Hall–Kier alpha value is -0.610. The summed E-state index contributed by atoms with van der Waals surface area (Å²) in [6.07, 6.45) is 0.354. The number of nitrogens with zero attached hydrogens (tertiary/aromatic N) is 1. The molecule has 1 fully saturated rings. The van der Waals surface area contributed by atoms with Gasteiger partial charge in [0.05, 0.1) is 12.0 Å². The molecule has 4 heteroatoms. The van der Waals surface area contributed by atoms with E-state index >= 15 is 0 Å². The molecule has 1 unspecified atom stereocenters. The van der Waals surface area contributed by atoms with Crippen LogP contribution in [0.15, 0.2) is 0 Å². The van der Waals surface area contributed by atoms with Crippen molar-refractivity contribution in [3.63, 3.8) is 0 Å². The molecule has 76 valence electrons. The van der Waals surface area contributed by atoms with Gasteiger partial charge in [0, 0.05) is 12.1 Å². The second kappa shape index (κ2) is 2.96. The molecule has 0 saturated carbocycles. The second-order valence-electron chi connectivity index (χ2n) is 4.33. The van der Waals surface area contributed by atoms with Crippen molar-refractivity contribution in [1.29, 1.82) is 0 Å². The Morgan fingerprint density at radius 2 is 2.08 bits per heavy atom. The van der Waals surface area contributed by atoms with Crippen LogP contribution in [0.3, 0.4) is 0 Å². The average molecular weight is 187 g/mol. The Labute approximate surface area is 78.2 Å². The number of rotatable bonds is 2. The summed E-state index contributed by atoms with van der Waals surface area (Å²) in [5.74, 6) is -0.939. The Kier molecular flexibility index (Phi) is 2.38. The van der Waals surface area contributed by atoms with E-state index in [2.05, 4.69) is 0 Å². The third-order valence-electron chi connectivity index (χ3n) is 3.40. The van der Waals surface area contributed by atoms with E-state index in [0.717, 1.165) is 6.54 Å². The van der Waals surface area contributed by atoms with Crippen LogP contribution in [0.2, 0.25) is 0 Å². The van der Waals surface area contributed by atoms with Crippen LogP contribution in [-0.4, -0.2) is 45.8 Å². The number of likely N-dealkylation sites (tertiary alicyclic amines) is 1. The van der Waals surface area contributed by atoms with Crippen LogP contribution in [0.1, 0.15) is 26.7 Å². The molecule has 0 bridgehead atoms. The number of hydrogen-bond acceptors (Lipinski definition) is 3. The Morgan fingerprint density at radius 1 is 1.54 bits per heavy atom. The summed E-state index contributed by atoms with van der Waals surface area (Å²) in [4.78, 5) is 12.6. The van der Waals surface area contributed by atoms with E-state index in [1.807, 2.05) is 25.8 Å².